The molecule has 1 aliphatic heterocycles. The third-order valence-corrected chi connectivity index (χ3v) is 4.65. The zero-order valence-electron chi connectivity index (χ0n) is 14.9. The van der Waals surface area contributed by atoms with E-state index in [-0.39, 0.29) is 44.5 Å². The maximum Gasteiger partial charge on any atom is 0.336 e. The number of hydrogen-bond donors (Lipinski definition) is 3. The minimum atomic E-state index is -1.42. The number of fused-ring (bicyclic) bond motifs is 2. The number of carbonyl (C=O) groups is 2. The van der Waals surface area contributed by atoms with Gasteiger partial charge in [0.25, 0.3) is 0 Å². The van der Waals surface area contributed by atoms with Gasteiger partial charge in [0.15, 0.2) is 17.4 Å². The molecule has 0 bridgehead atoms. The molecular formula is C21H11F2NO6. The van der Waals surface area contributed by atoms with Gasteiger partial charge >= 0.3 is 5.97 Å². The van der Waals surface area contributed by atoms with E-state index >= 15 is 0 Å². The number of rotatable bonds is 3. The van der Waals surface area contributed by atoms with Gasteiger partial charge < -0.3 is 20.4 Å². The van der Waals surface area contributed by atoms with E-state index in [1.165, 1.54) is 12.1 Å². The number of carboxylic acid groups (broad SMARTS) is 1. The lowest BCUT2D eigenvalue weighted by molar-refractivity contribution is 0.0697. The summed E-state index contributed by atoms with van der Waals surface area (Å²) in [6.07, 6.45) is 0. The van der Waals surface area contributed by atoms with Crippen molar-refractivity contribution in [3.8, 4) is 28.2 Å². The Hall–Kier alpha value is -4.27. The summed E-state index contributed by atoms with van der Waals surface area (Å²) in [5.41, 5.74) is 3.78. The molecule has 0 spiro atoms. The van der Waals surface area contributed by atoms with Crippen LogP contribution in [0, 0.1) is 11.6 Å². The molecule has 2 aromatic rings. The first-order valence-corrected chi connectivity index (χ1v) is 8.43. The van der Waals surface area contributed by atoms with E-state index in [0.29, 0.717) is 0 Å². The fraction of sp³-hybridized carbons (Fsp3) is 0. The van der Waals surface area contributed by atoms with Crippen molar-refractivity contribution in [1.82, 2.24) is 0 Å². The molecule has 7 nitrogen and oxygen atoms in total. The minimum Gasteiger partial charge on any atom is -0.505 e. The summed E-state index contributed by atoms with van der Waals surface area (Å²) in [6, 6.07) is 7.16. The first-order valence-electron chi connectivity index (χ1n) is 8.43. The maximum absolute atomic E-state index is 14.1. The first-order chi connectivity index (χ1) is 14.2. The second kappa shape index (κ2) is 6.66. The van der Waals surface area contributed by atoms with Gasteiger partial charge in [0.2, 0.25) is 11.3 Å². The van der Waals surface area contributed by atoms with Gasteiger partial charge in [0.1, 0.15) is 11.3 Å². The Morgan fingerprint density at radius 3 is 2.37 bits per heavy atom. The van der Waals surface area contributed by atoms with Gasteiger partial charge in [-0.2, -0.15) is 0 Å². The van der Waals surface area contributed by atoms with E-state index < -0.39 is 34.7 Å². The van der Waals surface area contributed by atoms with Gasteiger partial charge in [0.05, 0.1) is 5.56 Å². The van der Waals surface area contributed by atoms with E-state index in [1.807, 2.05) is 0 Å². The number of aromatic carboxylic acids is 1. The van der Waals surface area contributed by atoms with Crippen molar-refractivity contribution < 1.29 is 33.0 Å². The van der Waals surface area contributed by atoms with Crippen LogP contribution in [0.5, 0.6) is 5.75 Å². The van der Waals surface area contributed by atoms with Gasteiger partial charge in [-0.05, 0) is 29.8 Å². The molecule has 0 atom stereocenters. The Morgan fingerprint density at radius 1 is 0.967 bits per heavy atom. The standard InChI is InChI=1S/C21H11F2NO6/c22-13-4-11-17(6-15(13)25)30-18-7-16(26)14(23)5-12(18)19(11)9-2-1-8(20(24)27)3-10(9)21(28)29/h1-7,25H,(H2,24,27)(H,28,29). The topological polar surface area (TPSA) is 131 Å². The van der Waals surface area contributed by atoms with Crippen molar-refractivity contribution in [2.24, 2.45) is 5.73 Å². The summed E-state index contributed by atoms with van der Waals surface area (Å²) in [7, 11) is 0. The summed E-state index contributed by atoms with van der Waals surface area (Å²) in [5, 5.41) is 19.4. The molecular weight excluding hydrogens is 400 g/mol. The average Bonchev–Trinajstić information content (AvgIpc) is 2.68. The minimum absolute atomic E-state index is 0.000912. The van der Waals surface area contributed by atoms with E-state index in [1.54, 1.807) is 0 Å². The highest BCUT2D eigenvalue weighted by Gasteiger charge is 2.24. The van der Waals surface area contributed by atoms with E-state index in [4.69, 9.17) is 10.2 Å². The van der Waals surface area contributed by atoms with Crippen LogP contribution in [-0.2, 0) is 0 Å². The van der Waals surface area contributed by atoms with Crippen LogP contribution in [0.1, 0.15) is 20.7 Å². The molecule has 0 saturated carbocycles. The third-order valence-electron chi connectivity index (χ3n) is 4.65. The number of hydrogen-bond acceptors (Lipinski definition) is 5. The second-order valence-electron chi connectivity index (χ2n) is 6.49. The fourth-order valence-electron chi connectivity index (χ4n) is 3.28. The molecule has 0 saturated heterocycles. The van der Waals surface area contributed by atoms with Crippen LogP contribution in [0.4, 0.5) is 8.78 Å². The van der Waals surface area contributed by atoms with Gasteiger partial charge in [-0.1, -0.05) is 6.07 Å². The predicted octanol–water partition coefficient (Wildman–Crippen LogP) is 3.35. The molecule has 0 radical (unpaired) electrons. The molecule has 150 valence electrons. The van der Waals surface area contributed by atoms with Crippen molar-refractivity contribution in [3.05, 3.63) is 75.4 Å². The number of carboxylic acids is 1. The van der Waals surface area contributed by atoms with Crippen LogP contribution in [0.3, 0.4) is 0 Å². The first kappa shape index (κ1) is 19.1. The Balaban J connectivity index is 2.23. The smallest absolute Gasteiger partial charge is 0.336 e. The van der Waals surface area contributed by atoms with Crippen molar-refractivity contribution in [3.63, 3.8) is 0 Å². The number of phenols is 1. The maximum atomic E-state index is 14.1. The quantitative estimate of drug-likeness (QED) is 0.443. The van der Waals surface area contributed by atoms with Crippen molar-refractivity contribution >= 4 is 22.8 Å². The van der Waals surface area contributed by atoms with Gasteiger partial charge in [0, 0.05) is 34.2 Å². The SMILES string of the molecule is NC(=O)c1ccc(-c2c3cc(F)c(=O)cc-3oc3cc(O)c(F)cc23)c(C(=O)O)c1. The Bertz CT molecular complexity index is 1410. The van der Waals surface area contributed by atoms with Crippen LogP contribution >= 0.6 is 0 Å². The highest BCUT2D eigenvalue weighted by atomic mass is 19.1. The number of primary amides is 1. The molecule has 4 N–H and O–H groups in total. The summed E-state index contributed by atoms with van der Waals surface area (Å²) < 4.78 is 33.7. The average molecular weight is 411 g/mol. The van der Waals surface area contributed by atoms with Crippen molar-refractivity contribution in [1.29, 1.82) is 0 Å². The summed E-state index contributed by atoms with van der Waals surface area (Å²) in [4.78, 5) is 35.1. The monoisotopic (exact) mass is 411 g/mol. The molecule has 0 aromatic heterocycles. The number of halogens is 2. The molecule has 9 heteroatoms. The lowest BCUT2D eigenvalue weighted by Crippen LogP contribution is -2.13. The molecule has 1 heterocycles. The number of nitrogens with two attached hydrogens (primary N) is 1. The zero-order valence-corrected chi connectivity index (χ0v) is 14.9. The van der Waals surface area contributed by atoms with Gasteiger partial charge in [-0.15, -0.1) is 0 Å². The van der Waals surface area contributed by atoms with Crippen LogP contribution in [-0.4, -0.2) is 22.1 Å². The van der Waals surface area contributed by atoms with Crippen LogP contribution in [0.25, 0.3) is 33.4 Å². The predicted molar refractivity (Wildman–Crippen MR) is 102 cm³/mol. The molecule has 30 heavy (non-hydrogen) atoms. The molecule has 0 fully saturated rings. The Morgan fingerprint density at radius 2 is 1.70 bits per heavy atom. The molecule has 2 aromatic carbocycles. The lowest BCUT2D eigenvalue weighted by Gasteiger charge is -2.17. The van der Waals surface area contributed by atoms with Crippen LogP contribution in [0.15, 0.2) is 51.7 Å². The number of aromatic hydroxyl groups is 1. The zero-order chi connectivity index (χ0) is 21.7. The highest BCUT2D eigenvalue weighted by molar-refractivity contribution is 6.09. The fourth-order valence-corrected chi connectivity index (χ4v) is 3.28. The number of amides is 1. The summed E-state index contributed by atoms with van der Waals surface area (Å²) in [6.45, 7) is 0. The summed E-state index contributed by atoms with van der Waals surface area (Å²) >= 11 is 0. The van der Waals surface area contributed by atoms with Crippen LogP contribution in [0.2, 0.25) is 0 Å². The molecule has 1 amide bonds. The van der Waals surface area contributed by atoms with E-state index in [0.717, 1.165) is 30.3 Å². The Labute approximate surface area is 165 Å². The molecule has 0 unspecified atom stereocenters. The van der Waals surface area contributed by atoms with E-state index in [2.05, 4.69) is 0 Å². The number of benzene rings is 3. The Kier molecular flexibility index (Phi) is 4.23. The molecule has 1 aliphatic carbocycles. The van der Waals surface area contributed by atoms with Gasteiger partial charge in [-0.25, -0.2) is 13.6 Å². The van der Waals surface area contributed by atoms with Gasteiger partial charge in [-0.3, -0.25) is 9.59 Å². The third kappa shape index (κ3) is 2.93. The van der Waals surface area contributed by atoms with E-state index in [9.17, 15) is 33.4 Å². The van der Waals surface area contributed by atoms with Crippen molar-refractivity contribution in [2.75, 3.05) is 0 Å². The normalized spacial score (nSPS) is 11.1. The summed E-state index contributed by atoms with van der Waals surface area (Å²) in [5.74, 6) is -5.27. The molecule has 4 rings (SSSR count). The van der Waals surface area contributed by atoms with Crippen LogP contribution < -0.4 is 11.2 Å². The second-order valence-corrected chi connectivity index (χ2v) is 6.49. The number of carbonyl (C=O) groups excluding carboxylic acids is 1. The lowest BCUT2D eigenvalue weighted by atomic mass is 9.89. The largest absolute Gasteiger partial charge is 0.505 e. The highest BCUT2D eigenvalue weighted by Crippen LogP contribution is 2.42. The molecule has 2 aliphatic rings. The number of phenolic OH excluding ortho intramolecular Hbond substituents is 1. The van der Waals surface area contributed by atoms with Crippen molar-refractivity contribution in [2.45, 2.75) is 0 Å².